The van der Waals surface area contributed by atoms with Gasteiger partial charge in [0, 0.05) is 26.4 Å². The number of nitrogens with zero attached hydrogens (tertiary/aromatic N) is 2. The van der Waals surface area contributed by atoms with Gasteiger partial charge in [0.2, 0.25) is 0 Å². The monoisotopic (exact) mass is 270 g/mol. The molecule has 0 unspecified atom stereocenters. The lowest BCUT2D eigenvalue weighted by Gasteiger charge is -2.32. The summed E-state index contributed by atoms with van der Waals surface area (Å²) in [6.07, 6.45) is 4.11. The fraction of sp³-hybridized carbons (Fsp3) is 0.615. The number of hydrogen-bond acceptors (Lipinski definition) is 4. The molecule has 2 rings (SSSR count). The standard InChI is InChI=1S/C13H19ClN2O2/c1-17-8-9-18-12-4-6-16(7-5-12)13-3-2-11(14)10-15-13/h2-3,10,12H,4-9H2,1H3. The summed E-state index contributed by atoms with van der Waals surface area (Å²) in [6.45, 7) is 3.30. The van der Waals surface area contributed by atoms with Crippen LogP contribution in [0.2, 0.25) is 5.02 Å². The Morgan fingerprint density at radius 2 is 2.11 bits per heavy atom. The molecule has 100 valence electrons. The lowest BCUT2D eigenvalue weighted by molar-refractivity contribution is 0.00604. The normalized spacial score (nSPS) is 17.1. The first-order valence-electron chi connectivity index (χ1n) is 6.26. The molecule has 4 nitrogen and oxygen atoms in total. The summed E-state index contributed by atoms with van der Waals surface area (Å²) in [5.41, 5.74) is 0. The van der Waals surface area contributed by atoms with Gasteiger partial charge in [0.05, 0.1) is 24.3 Å². The van der Waals surface area contributed by atoms with Gasteiger partial charge in [0.25, 0.3) is 0 Å². The second-order valence-electron chi connectivity index (χ2n) is 4.38. The number of hydrogen-bond donors (Lipinski definition) is 0. The van der Waals surface area contributed by atoms with E-state index in [2.05, 4.69) is 9.88 Å². The number of aromatic nitrogens is 1. The summed E-state index contributed by atoms with van der Waals surface area (Å²) in [5.74, 6) is 0.995. The van der Waals surface area contributed by atoms with E-state index < -0.39 is 0 Å². The van der Waals surface area contributed by atoms with E-state index in [9.17, 15) is 0 Å². The fourth-order valence-corrected chi connectivity index (χ4v) is 2.22. The predicted molar refractivity (Wildman–Crippen MR) is 72.3 cm³/mol. The number of methoxy groups -OCH3 is 1. The smallest absolute Gasteiger partial charge is 0.128 e. The molecule has 1 fully saturated rings. The largest absolute Gasteiger partial charge is 0.382 e. The van der Waals surface area contributed by atoms with E-state index in [1.165, 1.54) is 0 Å². The Balaban J connectivity index is 1.77. The molecule has 1 aromatic heterocycles. The first-order chi connectivity index (χ1) is 8.79. The maximum absolute atomic E-state index is 5.83. The highest BCUT2D eigenvalue weighted by Crippen LogP contribution is 2.20. The summed E-state index contributed by atoms with van der Waals surface area (Å²) in [6, 6.07) is 3.85. The molecule has 18 heavy (non-hydrogen) atoms. The topological polar surface area (TPSA) is 34.6 Å². The Labute approximate surface area is 113 Å². The molecule has 1 aliphatic heterocycles. The van der Waals surface area contributed by atoms with Crippen molar-refractivity contribution in [3.05, 3.63) is 23.4 Å². The number of piperidine rings is 1. The maximum Gasteiger partial charge on any atom is 0.128 e. The molecule has 1 aromatic rings. The van der Waals surface area contributed by atoms with Gasteiger partial charge in [-0.2, -0.15) is 0 Å². The molecule has 0 atom stereocenters. The van der Waals surface area contributed by atoms with Crippen LogP contribution in [-0.2, 0) is 9.47 Å². The SMILES string of the molecule is COCCOC1CCN(c2ccc(Cl)cn2)CC1. The van der Waals surface area contributed by atoms with Gasteiger partial charge < -0.3 is 14.4 Å². The summed E-state index contributed by atoms with van der Waals surface area (Å²) >= 11 is 5.83. The van der Waals surface area contributed by atoms with Crippen molar-refractivity contribution in [2.45, 2.75) is 18.9 Å². The number of ether oxygens (including phenoxy) is 2. The van der Waals surface area contributed by atoms with Crippen molar-refractivity contribution in [1.29, 1.82) is 0 Å². The van der Waals surface area contributed by atoms with Crippen molar-refractivity contribution < 1.29 is 9.47 Å². The van der Waals surface area contributed by atoms with Gasteiger partial charge in [-0.15, -0.1) is 0 Å². The molecule has 0 saturated carbocycles. The zero-order chi connectivity index (χ0) is 12.8. The zero-order valence-electron chi connectivity index (χ0n) is 10.6. The fourth-order valence-electron chi connectivity index (χ4n) is 2.10. The van der Waals surface area contributed by atoms with E-state index in [-0.39, 0.29) is 0 Å². The Kier molecular flexibility index (Phi) is 5.23. The summed E-state index contributed by atoms with van der Waals surface area (Å²) in [4.78, 5) is 6.61. The quantitative estimate of drug-likeness (QED) is 0.770. The minimum absolute atomic E-state index is 0.351. The van der Waals surface area contributed by atoms with Gasteiger partial charge in [0.1, 0.15) is 5.82 Å². The van der Waals surface area contributed by atoms with E-state index in [0.717, 1.165) is 31.7 Å². The first-order valence-corrected chi connectivity index (χ1v) is 6.64. The van der Waals surface area contributed by atoms with Crippen LogP contribution in [-0.4, -0.2) is 44.5 Å². The molecule has 5 heteroatoms. The first kappa shape index (κ1) is 13.6. The third-order valence-electron chi connectivity index (χ3n) is 3.12. The Bertz CT molecular complexity index is 351. The minimum atomic E-state index is 0.351. The average Bonchev–Trinajstić information content (AvgIpc) is 2.41. The van der Waals surface area contributed by atoms with E-state index in [0.29, 0.717) is 24.3 Å². The van der Waals surface area contributed by atoms with Gasteiger partial charge in [-0.1, -0.05) is 11.6 Å². The highest BCUT2D eigenvalue weighted by atomic mass is 35.5. The van der Waals surface area contributed by atoms with Gasteiger partial charge >= 0.3 is 0 Å². The van der Waals surface area contributed by atoms with Crippen LogP contribution in [0, 0.1) is 0 Å². The van der Waals surface area contributed by atoms with E-state index in [1.807, 2.05) is 12.1 Å². The summed E-state index contributed by atoms with van der Waals surface area (Å²) in [5, 5.41) is 0.677. The average molecular weight is 271 g/mol. The van der Waals surface area contributed by atoms with Crippen LogP contribution in [0.15, 0.2) is 18.3 Å². The number of halogens is 1. The van der Waals surface area contributed by atoms with Crippen LogP contribution in [0.1, 0.15) is 12.8 Å². The predicted octanol–water partition coefficient (Wildman–Crippen LogP) is 2.37. The van der Waals surface area contributed by atoms with Gasteiger partial charge in [-0.25, -0.2) is 4.98 Å². The van der Waals surface area contributed by atoms with E-state index in [1.54, 1.807) is 13.3 Å². The molecule has 0 spiro atoms. The molecule has 2 heterocycles. The second kappa shape index (κ2) is 6.92. The van der Waals surface area contributed by atoms with E-state index in [4.69, 9.17) is 21.1 Å². The molecular formula is C13H19ClN2O2. The van der Waals surface area contributed by atoms with Crippen molar-refractivity contribution in [3.8, 4) is 0 Å². The van der Waals surface area contributed by atoms with Gasteiger partial charge in [0.15, 0.2) is 0 Å². The van der Waals surface area contributed by atoms with Crippen LogP contribution < -0.4 is 4.90 Å². The van der Waals surface area contributed by atoms with Crippen molar-refractivity contribution in [1.82, 2.24) is 4.98 Å². The number of pyridine rings is 1. The van der Waals surface area contributed by atoms with Crippen LogP contribution in [0.5, 0.6) is 0 Å². The molecule has 0 N–H and O–H groups in total. The molecule has 0 amide bonds. The molecule has 0 aliphatic carbocycles. The molecule has 1 aliphatic rings. The second-order valence-corrected chi connectivity index (χ2v) is 4.82. The van der Waals surface area contributed by atoms with Crippen LogP contribution in [0.25, 0.3) is 0 Å². The Hall–Kier alpha value is -0.840. The van der Waals surface area contributed by atoms with Crippen LogP contribution in [0.3, 0.4) is 0 Å². The van der Waals surface area contributed by atoms with Crippen molar-refractivity contribution in [2.75, 3.05) is 38.3 Å². The third-order valence-corrected chi connectivity index (χ3v) is 3.34. The van der Waals surface area contributed by atoms with Crippen molar-refractivity contribution in [3.63, 3.8) is 0 Å². The highest BCUT2D eigenvalue weighted by molar-refractivity contribution is 6.30. The highest BCUT2D eigenvalue weighted by Gasteiger charge is 2.20. The molecular weight excluding hydrogens is 252 g/mol. The number of rotatable bonds is 5. The van der Waals surface area contributed by atoms with Crippen molar-refractivity contribution >= 4 is 17.4 Å². The third kappa shape index (κ3) is 3.83. The number of anilines is 1. The molecule has 1 saturated heterocycles. The molecule has 0 bridgehead atoms. The van der Waals surface area contributed by atoms with Gasteiger partial charge in [-0.05, 0) is 25.0 Å². The lowest BCUT2D eigenvalue weighted by Crippen LogP contribution is -2.37. The molecule has 0 radical (unpaired) electrons. The zero-order valence-corrected chi connectivity index (χ0v) is 11.4. The Morgan fingerprint density at radius 1 is 1.33 bits per heavy atom. The summed E-state index contributed by atoms with van der Waals surface area (Å²) in [7, 11) is 1.69. The van der Waals surface area contributed by atoms with Crippen LogP contribution in [0.4, 0.5) is 5.82 Å². The molecule has 0 aromatic carbocycles. The lowest BCUT2D eigenvalue weighted by atomic mass is 10.1. The van der Waals surface area contributed by atoms with Crippen LogP contribution >= 0.6 is 11.6 Å². The maximum atomic E-state index is 5.83. The summed E-state index contributed by atoms with van der Waals surface area (Å²) < 4.78 is 10.7. The minimum Gasteiger partial charge on any atom is -0.382 e. The Morgan fingerprint density at radius 3 is 2.72 bits per heavy atom. The van der Waals surface area contributed by atoms with Gasteiger partial charge in [-0.3, -0.25) is 0 Å². The van der Waals surface area contributed by atoms with E-state index >= 15 is 0 Å². The van der Waals surface area contributed by atoms with Crippen molar-refractivity contribution in [2.24, 2.45) is 0 Å².